The molecule has 12 heteroatoms. The summed E-state index contributed by atoms with van der Waals surface area (Å²) < 4.78 is 80.0. The molecule has 0 fully saturated rings. The van der Waals surface area contributed by atoms with Crippen molar-refractivity contribution in [2.45, 2.75) is 62.3 Å². The minimum Gasteiger partial charge on any atom is -0.488 e. The summed E-state index contributed by atoms with van der Waals surface area (Å²) in [5.41, 5.74) is -0.333. The first-order valence-electron chi connectivity index (χ1n) is 14.0. The Kier molecular flexibility index (Phi) is 9.34. The SMILES string of the molecule is CC(C)(C)Oc1ccc(C(=O)c2ccc(Oc3ccc(C(=O)c4ccc(C(C)(C)C)c(S(=O)(=O)O)c4)cc3S(=O)(=O)O)cc2)cc1. The minimum absolute atomic E-state index is 0.132. The van der Waals surface area contributed by atoms with Crippen molar-refractivity contribution in [1.82, 2.24) is 0 Å². The summed E-state index contributed by atoms with van der Waals surface area (Å²) in [5.74, 6) is -0.554. The van der Waals surface area contributed by atoms with E-state index in [2.05, 4.69) is 0 Å². The van der Waals surface area contributed by atoms with E-state index in [4.69, 9.17) is 9.47 Å². The second-order valence-electron chi connectivity index (χ2n) is 12.6. The molecule has 2 N–H and O–H groups in total. The summed E-state index contributed by atoms with van der Waals surface area (Å²) in [6, 6.07) is 19.7. The molecule has 0 saturated heterocycles. The fourth-order valence-corrected chi connectivity index (χ4v) is 6.16. The Morgan fingerprint density at radius 3 is 1.43 bits per heavy atom. The Hall–Kier alpha value is -4.36. The second kappa shape index (κ2) is 12.4. The van der Waals surface area contributed by atoms with E-state index in [1.165, 1.54) is 48.5 Å². The van der Waals surface area contributed by atoms with Gasteiger partial charge >= 0.3 is 0 Å². The van der Waals surface area contributed by atoms with Gasteiger partial charge in [-0.2, -0.15) is 16.8 Å². The monoisotopic (exact) mass is 666 g/mol. The first kappa shape index (κ1) is 34.5. The van der Waals surface area contributed by atoms with E-state index in [9.17, 15) is 35.5 Å². The van der Waals surface area contributed by atoms with E-state index in [0.717, 1.165) is 12.1 Å². The Bertz CT molecular complexity index is 2020. The third-order valence-electron chi connectivity index (χ3n) is 6.70. The molecule has 4 aromatic rings. The summed E-state index contributed by atoms with van der Waals surface area (Å²) in [6.07, 6.45) is 0. The van der Waals surface area contributed by atoms with E-state index < -0.39 is 41.2 Å². The topological polar surface area (TPSA) is 161 Å². The summed E-state index contributed by atoms with van der Waals surface area (Å²) in [6.45, 7) is 11.0. The molecule has 0 unspecified atom stereocenters. The molecule has 46 heavy (non-hydrogen) atoms. The predicted octanol–water partition coefficient (Wildman–Crippen LogP) is 6.91. The number of carbonyl (C=O) groups is 2. The number of hydrogen-bond donors (Lipinski definition) is 2. The lowest BCUT2D eigenvalue weighted by Gasteiger charge is -2.22. The van der Waals surface area contributed by atoms with Crippen LogP contribution in [0.5, 0.6) is 17.2 Å². The normalized spacial score (nSPS) is 12.4. The van der Waals surface area contributed by atoms with E-state index in [1.54, 1.807) is 45.0 Å². The zero-order valence-corrected chi connectivity index (χ0v) is 27.7. The van der Waals surface area contributed by atoms with Gasteiger partial charge in [-0.3, -0.25) is 18.7 Å². The molecule has 0 bridgehead atoms. The molecule has 0 atom stereocenters. The molecule has 0 heterocycles. The summed E-state index contributed by atoms with van der Waals surface area (Å²) in [5, 5.41) is 0. The van der Waals surface area contributed by atoms with Crippen LogP contribution in [0.4, 0.5) is 0 Å². The van der Waals surface area contributed by atoms with Crippen LogP contribution in [0.25, 0.3) is 0 Å². The second-order valence-corrected chi connectivity index (χ2v) is 15.4. The summed E-state index contributed by atoms with van der Waals surface area (Å²) in [4.78, 5) is 25.1. The summed E-state index contributed by atoms with van der Waals surface area (Å²) in [7, 11) is -9.59. The molecule has 0 aliphatic heterocycles. The molecule has 242 valence electrons. The highest BCUT2D eigenvalue weighted by atomic mass is 32.2. The largest absolute Gasteiger partial charge is 0.488 e. The van der Waals surface area contributed by atoms with Crippen molar-refractivity contribution in [2.24, 2.45) is 0 Å². The van der Waals surface area contributed by atoms with Gasteiger partial charge in [-0.15, -0.1) is 0 Å². The van der Waals surface area contributed by atoms with Crippen LogP contribution in [0.1, 0.15) is 78.9 Å². The van der Waals surface area contributed by atoms with Crippen LogP contribution in [0.2, 0.25) is 0 Å². The van der Waals surface area contributed by atoms with Gasteiger partial charge in [0.15, 0.2) is 11.6 Å². The smallest absolute Gasteiger partial charge is 0.298 e. The van der Waals surface area contributed by atoms with Crippen molar-refractivity contribution < 1.29 is 45.0 Å². The number of carbonyl (C=O) groups excluding carboxylic acids is 2. The van der Waals surface area contributed by atoms with Crippen LogP contribution >= 0.6 is 0 Å². The van der Waals surface area contributed by atoms with Gasteiger partial charge in [0.1, 0.15) is 27.7 Å². The molecule has 0 amide bonds. The quantitative estimate of drug-likeness (QED) is 0.142. The average Bonchev–Trinajstić information content (AvgIpc) is 2.95. The maximum Gasteiger partial charge on any atom is 0.298 e. The van der Waals surface area contributed by atoms with Crippen molar-refractivity contribution in [3.8, 4) is 17.2 Å². The lowest BCUT2D eigenvalue weighted by atomic mass is 9.86. The molecule has 0 saturated carbocycles. The highest BCUT2D eigenvalue weighted by molar-refractivity contribution is 7.86. The van der Waals surface area contributed by atoms with Crippen molar-refractivity contribution >= 4 is 31.8 Å². The number of rotatable bonds is 9. The maximum atomic E-state index is 13.3. The lowest BCUT2D eigenvalue weighted by Crippen LogP contribution is -2.22. The van der Waals surface area contributed by atoms with Gasteiger partial charge in [-0.1, -0.05) is 32.9 Å². The molecule has 0 aliphatic carbocycles. The van der Waals surface area contributed by atoms with Gasteiger partial charge in [0.05, 0.1) is 4.90 Å². The van der Waals surface area contributed by atoms with Crippen molar-refractivity contribution in [2.75, 3.05) is 0 Å². The van der Waals surface area contributed by atoms with Gasteiger partial charge in [-0.25, -0.2) is 0 Å². The number of ketones is 2. The Morgan fingerprint density at radius 1 is 0.565 bits per heavy atom. The molecule has 4 aromatic carbocycles. The standard InChI is InChI=1S/C34H34O10S2/c1-33(2,3)27-17-11-23(19-29(27)45(37,38)39)32(36)24-12-18-28(30(20-24)46(40,41)42)43-25-13-7-21(8-14-25)31(35)22-9-15-26(16-10-22)44-34(4,5)6/h7-20H,1-6H3,(H,37,38,39)(H,40,41,42). The van der Waals surface area contributed by atoms with E-state index in [-0.39, 0.29) is 39.6 Å². The average molecular weight is 667 g/mol. The first-order chi connectivity index (χ1) is 21.1. The van der Waals surface area contributed by atoms with Crippen LogP contribution in [-0.2, 0) is 25.7 Å². The number of hydrogen-bond acceptors (Lipinski definition) is 8. The van der Waals surface area contributed by atoms with Crippen LogP contribution in [0, 0.1) is 0 Å². The Morgan fingerprint density at radius 2 is 0.978 bits per heavy atom. The van der Waals surface area contributed by atoms with Gasteiger partial charge in [0.25, 0.3) is 20.2 Å². The van der Waals surface area contributed by atoms with E-state index in [0.29, 0.717) is 16.9 Å². The van der Waals surface area contributed by atoms with Crippen LogP contribution in [0.15, 0.2) is 94.7 Å². The van der Waals surface area contributed by atoms with E-state index >= 15 is 0 Å². The van der Waals surface area contributed by atoms with Crippen molar-refractivity contribution in [3.63, 3.8) is 0 Å². The first-order valence-corrected chi connectivity index (χ1v) is 16.9. The lowest BCUT2D eigenvalue weighted by molar-refractivity contribution is 0.103. The molecule has 0 spiro atoms. The van der Waals surface area contributed by atoms with Gasteiger partial charge in [0, 0.05) is 22.3 Å². The molecule has 0 aliphatic rings. The Labute approximate surface area is 268 Å². The highest BCUT2D eigenvalue weighted by Gasteiger charge is 2.27. The Balaban J connectivity index is 1.60. The fourth-order valence-electron chi connectivity index (χ4n) is 4.59. The van der Waals surface area contributed by atoms with Gasteiger partial charge in [0.2, 0.25) is 0 Å². The third kappa shape index (κ3) is 8.26. The van der Waals surface area contributed by atoms with Gasteiger partial charge < -0.3 is 9.47 Å². The van der Waals surface area contributed by atoms with Crippen LogP contribution in [-0.4, -0.2) is 43.1 Å². The zero-order chi connectivity index (χ0) is 34.2. The maximum absolute atomic E-state index is 13.3. The summed E-state index contributed by atoms with van der Waals surface area (Å²) >= 11 is 0. The molecule has 0 radical (unpaired) electrons. The molecule has 0 aromatic heterocycles. The van der Waals surface area contributed by atoms with E-state index in [1.807, 2.05) is 20.8 Å². The third-order valence-corrected chi connectivity index (χ3v) is 8.47. The fraction of sp³-hybridized carbons (Fsp3) is 0.235. The van der Waals surface area contributed by atoms with Crippen molar-refractivity contribution in [3.05, 3.63) is 113 Å². The number of ether oxygens (including phenoxy) is 2. The van der Waals surface area contributed by atoms with Crippen LogP contribution in [0.3, 0.4) is 0 Å². The van der Waals surface area contributed by atoms with Crippen molar-refractivity contribution in [1.29, 1.82) is 0 Å². The zero-order valence-electron chi connectivity index (χ0n) is 26.1. The molecule has 10 nitrogen and oxygen atoms in total. The molecular formula is C34H34O10S2. The van der Waals surface area contributed by atoms with Gasteiger partial charge in [-0.05, 0) is 105 Å². The van der Waals surface area contributed by atoms with Crippen LogP contribution < -0.4 is 9.47 Å². The minimum atomic E-state index is -4.90. The highest BCUT2D eigenvalue weighted by Crippen LogP contribution is 2.33. The number of benzene rings is 4. The molecule has 4 rings (SSSR count). The molecular weight excluding hydrogens is 632 g/mol. The predicted molar refractivity (Wildman–Crippen MR) is 171 cm³/mol.